The highest BCUT2D eigenvalue weighted by atomic mass is 35.5. The van der Waals surface area contributed by atoms with Gasteiger partial charge in [0.25, 0.3) is 0 Å². The zero-order valence-electron chi connectivity index (χ0n) is 11.0. The largest absolute Gasteiger partial charge is 0.389 e. The van der Waals surface area contributed by atoms with Crippen LogP contribution in [0.2, 0.25) is 5.02 Å². The van der Waals surface area contributed by atoms with Crippen molar-refractivity contribution in [3.05, 3.63) is 64.2 Å². The topological polar surface area (TPSA) is 38.0 Å². The van der Waals surface area contributed by atoms with E-state index in [-0.39, 0.29) is 4.99 Å². The average molecular weight is 327 g/mol. The van der Waals surface area contributed by atoms with E-state index in [0.29, 0.717) is 34.8 Å². The Morgan fingerprint density at radius 1 is 1.14 bits per heavy atom. The molecule has 0 aliphatic carbocycles. The maximum Gasteiger partial charge on any atom is 0.126 e. The van der Waals surface area contributed by atoms with Crippen molar-refractivity contribution < 1.29 is 8.78 Å². The van der Waals surface area contributed by atoms with Crippen LogP contribution in [0.3, 0.4) is 0 Å². The Labute approximate surface area is 131 Å². The van der Waals surface area contributed by atoms with E-state index in [9.17, 15) is 8.78 Å². The van der Waals surface area contributed by atoms with Gasteiger partial charge in [-0.15, -0.1) is 0 Å². The summed E-state index contributed by atoms with van der Waals surface area (Å²) in [7, 11) is 0. The molecule has 2 aromatic carbocycles. The van der Waals surface area contributed by atoms with Crippen LogP contribution in [-0.2, 0) is 6.42 Å². The van der Waals surface area contributed by atoms with Crippen molar-refractivity contribution in [2.75, 3.05) is 11.9 Å². The molecule has 0 amide bonds. The third-order valence-electron chi connectivity index (χ3n) is 2.90. The van der Waals surface area contributed by atoms with Gasteiger partial charge in [-0.3, -0.25) is 0 Å². The molecule has 2 nitrogen and oxygen atoms in total. The fraction of sp³-hybridized carbons (Fsp3) is 0.133. The van der Waals surface area contributed by atoms with E-state index < -0.39 is 11.6 Å². The van der Waals surface area contributed by atoms with E-state index in [1.807, 2.05) is 0 Å². The molecule has 21 heavy (non-hydrogen) atoms. The zero-order valence-corrected chi connectivity index (χ0v) is 12.6. The number of benzene rings is 2. The minimum absolute atomic E-state index is 0.256. The fourth-order valence-electron chi connectivity index (χ4n) is 1.97. The van der Waals surface area contributed by atoms with Crippen LogP contribution in [-0.4, -0.2) is 11.5 Å². The van der Waals surface area contributed by atoms with Gasteiger partial charge in [0.1, 0.15) is 16.6 Å². The van der Waals surface area contributed by atoms with Gasteiger partial charge in [0.2, 0.25) is 0 Å². The molecule has 0 unspecified atom stereocenters. The first kappa shape index (κ1) is 15.7. The Kier molecular flexibility index (Phi) is 5.09. The quantitative estimate of drug-likeness (QED) is 0.818. The first-order valence-electron chi connectivity index (χ1n) is 6.24. The number of halogens is 3. The predicted octanol–water partition coefficient (Wildman–Crippen LogP) is 3.91. The lowest BCUT2D eigenvalue weighted by molar-refractivity contribution is 0.580. The van der Waals surface area contributed by atoms with Gasteiger partial charge in [0, 0.05) is 28.9 Å². The maximum absolute atomic E-state index is 13.1. The van der Waals surface area contributed by atoms with Gasteiger partial charge in [-0.25, -0.2) is 8.78 Å². The molecule has 0 aliphatic heterocycles. The molecule has 0 bridgehead atoms. The smallest absolute Gasteiger partial charge is 0.126 e. The van der Waals surface area contributed by atoms with Gasteiger partial charge in [-0.05, 0) is 42.3 Å². The number of nitrogens with one attached hydrogen (secondary N) is 1. The standard InChI is InChI=1S/C15H13ClF2N2S/c16-10-1-2-13(15(19)21)14(7-10)20-4-3-9-5-11(17)8-12(18)6-9/h1-2,5-8,20H,3-4H2,(H2,19,21). The molecule has 2 aromatic rings. The summed E-state index contributed by atoms with van der Waals surface area (Å²) in [4.78, 5) is 0.256. The van der Waals surface area contributed by atoms with Crippen molar-refractivity contribution in [1.29, 1.82) is 0 Å². The number of thiocarbonyl (C=S) groups is 1. The first-order valence-corrected chi connectivity index (χ1v) is 7.02. The molecule has 0 aliphatic rings. The molecule has 3 N–H and O–H groups in total. The van der Waals surface area contributed by atoms with E-state index in [4.69, 9.17) is 29.6 Å². The molecular formula is C15H13ClF2N2S. The first-order chi connectivity index (χ1) is 9.95. The lowest BCUT2D eigenvalue weighted by Gasteiger charge is -2.12. The van der Waals surface area contributed by atoms with Gasteiger partial charge in [-0.2, -0.15) is 0 Å². The summed E-state index contributed by atoms with van der Waals surface area (Å²) in [5.74, 6) is -1.17. The van der Waals surface area contributed by atoms with Gasteiger partial charge in [0.05, 0.1) is 0 Å². The van der Waals surface area contributed by atoms with E-state index >= 15 is 0 Å². The second-order valence-corrected chi connectivity index (χ2v) is 5.38. The molecule has 6 heteroatoms. The van der Waals surface area contributed by atoms with Gasteiger partial charge in [-0.1, -0.05) is 23.8 Å². The van der Waals surface area contributed by atoms with Crippen molar-refractivity contribution in [3.63, 3.8) is 0 Å². The van der Waals surface area contributed by atoms with E-state index in [1.165, 1.54) is 12.1 Å². The molecule has 0 saturated heterocycles. The SMILES string of the molecule is NC(=S)c1ccc(Cl)cc1NCCc1cc(F)cc(F)c1. The monoisotopic (exact) mass is 326 g/mol. The van der Waals surface area contributed by atoms with Crippen LogP contribution in [0.5, 0.6) is 0 Å². The third kappa shape index (κ3) is 4.37. The lowest BCUT2D eigenvalue weighted by Crippen LogP contribution is -2.14. The molecule has 0 saturated carbocycles. The number of anilines is 1. The second kappa shape index (κ2) is 6.83. The van der Waals surface area contributed by atoms with Crippen molar-refractivity contribution in [1.82, 2.24) is 0 Å². The predicted molar refractivity (Wildman–Crippen MR) is 85.9 cm³/mol. The molecule has 0 aromatic heterocycles. The summed E-state index contributed by atoms with van der Waals surface area (Å²) in [5.41, 5.74) is 7.59. The molecule has 0 spiro atoms. The van der Waals surface area contributed by atoms with Crippen molar-refractivity contribution in [2.45, 2.75) is 6.42 Å². The van der Waals surface area contributed by atoms with E-state index in [0.717, 1.165) is 6.07 Å². The summed E-state index contributed by atoms with van der Waals surface area (Å²) in [6, 6.07) is 8.59. The maximum atomic E-state index is 13.1. The molecule has 110 valence electrons. The minimum Gasteiger partial charge on any atom is -0.389 e. The van der Waals surface area contributed by atoms with E-state index in [1.54, 1.807) is 18.2 Å². The molecule has 0 radical (unpaired) electrons. The summed E-state index contributed by atoms with van der Waals surface area (Å²) in [6.45, 7) is 0.471. The Morgan fingerprint density at radius 2 is 1.81 bits per heavy atom. The number of hydrogen-bond donors (Lipinski definition) is 2. The Hall–Kier alpha value is -1.72. The summed E-state index contributed by atoms with van der Waals surface area (Å²) < 4.78 is 26.2. The average Bonchev–Trinajstić information content (AvgIpc) is 2.37. The van der Waals surface area contributed by atoms with Crippen LogP contribution in [0.1, 0.15) is 11.1 Å². The Morgan fingerprint density at radius 3 is 2.43 bits per heavy atom. The minimum atomic E-state index is -0.586. The molecule has 0 atom stereocenters. The number of hydrogen-bond acceptors (Lipinski definition) is 2. The highest BCUT2D eigenvalue weighted by Gasteiger charge is 2.06. The van der Waals surface area contributed by atoms with Crippen molar-refractivity contribution in [2.24, 2.45) is 5.73 Å². The van der Waals surface area contributed by atoms with Crippen LogP contribution >= 0.6 is 23.8 Å². The van der Waals surface area contributed by atoms with Crippen molar-refractivity contribution in [3.8, 4) is 0 Å². The van der Waals surface area contributed by atoms with Gasteiger partial charge >= 0.3 is 0 Å². The van der Waals surface area contributed by atoms with Crippen LogP contribution in [0, 0.1) is 11.6 Å². The number of nitrogens with two attached hydrogens (primary N) is 1. The number of rotatable bonds is 5. The Balaban J connectivity index is 2.06. The third-order valence-corrected chi connectivity index (χ3v) is 3.35. The molecular weight excluding hydrogens is 314 g/mol. The van der Waals surface area contributed by atoms with Crippen LogP contribution < -0.4 is 11.1 Å². The highest BCUT2D eigenvalue weighted by Crippen LogP contribution is 2.21. The summed E-state index contributed by atoms with van der Waals surface area (Å²) >= 11 is 10.9. The lowest BCUT2D eigenvalue weighted by atomic mass is 10.1. The van der Waals surface area contributed by atoms with Gasteiger partial charge in [0.15, 0.2) is 0 Å². The van der Waals surface area contributed by atoms with Gasteiger partial charge < -0.3 is 11.1 Å². The summed E-state index contributed by atoms with van der Waals surface area (Å²) in [6.07, 6.45) is 0.456. The van der Waals surface area contributed by atoms with Crippen LogP contribution in [0.4, 0.5) is 14.5 Å². The molecule has 0 heterocycles. The van der Waals surface area contributed by atoms with Crippen LogP contribution in [0.25, 0.3) is 0 Å². The van der Waals surface area contributed by atoms with Crippen molar-refractivity contribution >= 4 is 34.5 Å². The fourth-order valence-corrected chi connectivity index (χ4v) is 2.32. The molecule has 0 fully saturated rings. The zero-order chi connectivity index (χ0) is 15.4. The highest BCUT2D eigenvalue weighted by molar-refractivity contribution is 7.80. The second-order valence-electron chi connectivity index (χ2n) is 4.51. The Bertz CT molecular complexity index is 656. The summed E-state index contributed by atoms with van der Waals surface area (Å²) in [5, 5.41) is 3.68. The van der Waals surface area contributed by atoms with E-state index in [2.05, 4.69) is 5.32 Å². The van der Waals surface area contributed by atoms with Crippen LogP contribution in [0.15, 0.2) is 36.4 Å². The molecule has 2 rings (SSSR count). The normalized spacial score (nSPS) is 10.4.